The zero-order chi connectivity index (χ0) is 2.00. The molecular formula is BaBiNbO. The molecule has 0 saturated heterocycles. The van der Waals surface area contributed by atoms with Gasteiger partial charge in [0, 0.05) is 71.3 Å². The third-order valence-electron chi connectivity index (χ3n) is 0. The molecule has 0 aromatic heterocycles. The van der Waals surface area contributed by atoms with Crippen LogP contribution in [0.5, 0.6) is 0 Å². The molecule has 0 aromatic rings. The van der Waals surface area contributed by atoms with Gasteiger partial charge in [0.05, 0.1) is 0 Å². The van der Waals surface area contributed by atoms with Gasteiger partial charge in [-0.2, -0.15) is 0 Å². The molecule has 18 valence electrons. The van der Waals surface area contributed by atoms with E-state index in [1.807, 2.05) is 0 Å². The molecule has 0 bridgehead atoms. The van der Waals surface area contributed by atoms with E-state index in [2.05, 4.69) is 0 Å². The van der Waals surface area contributed by atoms with Crippen LogP contribution in [0.1, 0.15) is 0 Å². The molecule has 1 nitrogen and oxygen atoms in total. The monoisotopic (exact) mass is 456 g/mol. The maximum absolute atomic E-state index is 8.36. The van der Waals surface area contributed by atoms with E-state index in [0.717, 1.165) is 0 Å². The van der Waals surface area contributed by atoms with Gasteiger partial charge in [0.25, 0.3) is 0 Å². The van der Waals surface area contributed by atoms with Crippen molar-refractivity contribution in [2.75, 3.05) is 0 Å². The summed E-state index contributed by atoms with van der Waals surface area (Å²) in [5.41, 5.74) is 0. The van der Waals surface area contributed by atoms with Crippen molar-refractivity contribution in [3.8, 4) is 0 Å². The molecule has 4 radical (unpaired) electrons. The molecule has 0 aliphatic heterocycles. The molecule has 0 heterocycles. The Kier molecular flexibility index (Phi) is 65.7. The normalized spacial score (nSPS) is 1.00. The molecule has 0 amide bonds. The van der Waals surface area contributed by atoms with Crippen LogP contribution in [0.2, 0.25) is 0 Å². The zero-order valence-electron chi connectivity index (χ0n) is 2.01. The van der Waals surface area contributed by atoms with Crippen molar-refractivity contribution in [2.24, 2.45) is 0 Å². The van der Waals surface area contributed by atoms with Crippen LogP contribution in [0.15, 0.2) is 0 Å². The molecule has 0 aliphatic carbocycles. The van der Waals surface area contributed by atoms with Crippen LogP contribution in [-0.4, -0.2) is 73.6 Å². The second-order valence-electron chi connectivity index (χ2n) is 0. The summed E-state index contributed by atoms with van der Waals surface area (Å²) in [7, 11) is 0. The predicted octanol–water partition coefficient (Wildman–Crippen LogP) is -0.883. The summed E-state index contributed by atoms with van der Waals surface area (Å²) < 4.78 is 8.36. The Morgan fingerprint density at radius 1 is 1.25 bits per heavy atom. The predicted molar refractivity (Wildman–Crippen MR) is 12.2 cm³/mol. The molecule has 0 saturated carbocycles. The molecule has 0 aliphatic rings. The Morgan fingerprint density at radius 3 is 1.25 bits per heavy atom. The molecule has 0 aromatic carbocycles. The van der Waals surface area contributed by atoms with Crippen LogP contribution in [0.3, 0.4) is 0 Å². The summed E-state index contributed by atoms with van der Waals surface area (Å²) >= 11 is 0.194. The summed E-state index contributed by atoms with van der Waals surface area (Å²) in [6.07, 6.45) is 0. The van der Waals surface area contributed by atoms with E-state index < -0.39 is 0 Å². The van der Waals surface area contributed by atoms with Crippen molar-refractivity contribution >= 4 is 73.6 Å². The standard InChI is InChI=1S/Ba.Bi.Nb.O. The van der Waals surface area contributed by atoms with E-state index >= 15 is 0 Å². The van der Waals surface area contributed by atoms with E-state index in [4.69, 9.17) is 2.81 Å². The second kappa shape index (κ2) is 16.7. The van der Waals surface area contributed by atoms with E-state index in [1.165, 1.54) is 0 Å². The average molecular weight is 455 g/mol. The molecular weight excluding hydrogens is 455 g/mol. The third-order valence-corrected chi connectivity index (χ3v) is 0. The summed E-state index contributed by atoms with van der Waals surface area (Å²) in [5.74, 6) is 0. The van der Waals surface area contributed by atoms with Crippen LogP contribution < -0.4 is 0 Å². The van der Waals surface area contributed by atoms with E-state index in [9.17, 15) is 0 Å². The van der Waals surface area contributed by atoms with Crippen molar-refractivity contribution < 1.29 is 25.2 Å². The van der Waals surface area contributed by atoms with Crippen molar-refractivity contribution in [1.82, 2.24) is 0 Å². The number of rotatable bonds is 0. The second-order valence-corrected chi connectivity index (χ2v) is 0. The first-order valence-electron chi connectivity index (χ1n) is 0.183. The van der Waals surface area contributed by atoms with Crippen molar-refractivity contribution in [3.05, 3.63) is 0 Å². The van der Waals surface area contributed by atoms with Crippen LogP contribution in [0.25, 0.3) is 0 Å². The first-order chi connectivity index (χ1) is 1.00. The molecule has 0 atom stereocenters. The van der Waals surface area contributed by atoms with Crippen LogP contribution >= 0.6 is 0 Å². The molecule has 0 spiro atoms. The molecule has 0 N–H and O–H groups in total. The van der Waals surface area contributed by atoms with Crippen LogP contribution in [0.4, 0.5) is 0 Å². The summed E-state index contributed by atoms with van der Waals surface area (Å²) in [6.45, 7) is 0. The first kappa shape index (κ1) is 15.8. The Bertz CT molecular complexity index is 8.00. The Labute approximate surface area is 96.2 Å². The van der Waals surface area contributed by atoms with Gasteiger partial charge in [0.2, 0.25) is 0 Å². The van der Waals surface area contributed by atoms with Gasteiger partial charge in [-0.05, 0) is 0 Å². The van der Waals surface area contributed by atoms with E-state index in [-0.39, 0.29) is 96.0 Å². The molecule has 0 unspecified atom stereocenters. The van der Waals surface area contributed by atoms with Gasteiger partial charge in [-0.15, -0.1) is 0 Å². The van der Waals surface area contributed by atoms with E-state index in [1.54, 1.807) is 0 Å². The topological polar surface area (TPSA) is 17.1 Å². The van der Waals surface area contributed by atoms with Crippen LogP contribution in [-0.2, 0) is 25.2 Å². The van der Waals surface area contributed by atoms with Gasteiger partial charge < -0.3 is 0 Å². The van der Waals surface area contributed by atoms with Crippen LogP contribution in [0, 0.1) is 0 Å². The third kappa shape index (κ3) is 8.89. The fourth-order valence-electron chi connectivity index (χ4n) is 0. The quantitative estimate of drug-likeness (QED) is 0.434. The molecule has 4 heteroatoms. The number of hydrogen-bond acceptors (Lipinski definition) is 1. The fraction of sp³-hybridized carbons (Fsp3) is 0. The minimum absolute atomic E-state index is 0. The van der Waals surface area contributed by atoms with Crippen molar-refractivity contribution in [1.29, 1.82) is 0 Å². The van der Waals surface area contributed by atoms with Gasteiger partial charge in [-0.1, -0.05) is 0 Å². The van der Waals surface area contributed by atoms with Gasteiger partial charge >= 0.3 is 27.5 Å². The first-order valence-corrected chi connectivity index (χ1v) is 1.60. The van der Waals surface area contributed by atoms with Gasteiger partial charge in [-0.3, -0.25) is 0 Å². The minimum atomic E-state index is 0. The summed E-state index contributed by atoms with van der Waals surface area (Å²) in [4.78, 5) is 0. The Hall–Kier alpha value is 2.99. The van der Waals surface area contributed by atoms with Crippen molar-refractivity contribution in [2.45, 2.75) is 0 Å². The van der Waals surface area contributed by atoms with Gasteiger partial charge in [0.15, 0.2) is 0 Å². The SMILES string of the molecule is [Ba].[Nb].[O]=[Bi]. The Morgan fingerprint density at radius 2 is 1.25 bits per heavy atom. The fourth-order valence-corrected chi connectivity index (χ4v) is 0. The maximum atomic E-state index is 8.36. The molecule has 4 heavy (non-hydrogen) atoms. The number of hydrogen-bond donors (Lipinski definition) is 0. The van der Waals surface area contributed by atoms with Gasteiger partial charge in [-0.25, -0.2) is 0 Å². The zero-order valence-corrected chi connectivity index (χ0v) is 12.1. The molecule has 0 fully saturated rings. The summed E-state index contributed by atoms with van der Waals surface area (Å²) in [5, 5.41) is 0. The van der Waals surface area contributed by atoms with Crippen molar-refractivity contribution in [3.63, 3.8) is 0 Å². The summed E-state index contributed by atoms with van der Waals surface area (Å²) in [6, 6.07) is 0. The van der Waals surface area contributed by atoms with E-state index in [0.29, 0.717) is 0 Å². The Balaban J connectivity index is -0.00000000500. The average Bonchev–Trinajstić information content (AvgIpc) is 1.00. The molecule has 0 rings (SSSR count). The van der Waals surface area contributed by atoms with Gasteiger partial charge in [0.1, 0.15) is 0 Å².